The first-order chi connectivity index (χ1) is 14.1. The SMILES string of the molecule is O=S(=O)(O)ON=C(Cc1c[nH]c2cccc([O-])c12)S[C@@H]1O[C@H](CO)[C@@H](O)[C@H](O)[C@H]1O. The molecular weight excluding hydrogens is 444 g/mol. The summed E-state index contributed by atoms with van der Waals surface area (Å²) in [4.78, 5) is 2.89. The third-order valence-electron chi connectivity index (χ3n) is 4.42. The van der Waals surface area contributed by atoms with Gasteiger partial charge in [0.05, 0.1) is 6.61 Å². The number of nitrogens with one attached hydrogen (secondary N) is 1. The van der Waals surface area contributed by atoms with Gasteiger partial charge in [-0.3, -0.25) is 4.55 Å². The van der Waals surface area contributed by atoms with E-state index < -0.39 is 46.9 Å². The zero-order valence-corrected chi connectivity index (χ0v) is 16.8. The standard InChI is InChI=1S/C16H20N2O10S2/c19-6-10-13(21)14(22)15(23)16(27-10)29-11(18-28-30(24,25)26)4-7-5-17-8-2-1-3-9(20)12(7)8/h1-3,5,10,13-17,19-23H,4,6H2,(H,24,25,26)/p-1/t10-,13-,14+,15-,16+/m1/s1. The van der Waals surface area contributed by atoms with E-state index in [4.69, 9.17) is 9.29 Å². The molecule has 30 heavy (non-hydrogen) atoms. The largest absolute Gasteiger partial charge is 0.872 e. The summed E-state index contributed by atoms with van der Waals surface area (Å²) >= 11 is 0.631. The van der Waals surface area contributed by atoms with Gasteiger partial charge in [0.1, 0.15) is 34.9 Å². The van der Waals surface area contributed by atoms with Crippen LogP contribution in [0.1, 0.15) is 5.56 Å². The van der Waals surface area contributed by atoms with Gasteiger partial charge in [-0.25, -0.2) is 4.28 Å². The molecule has 1 aromatic carbocycles. The average molecular weight is 463 g/mol. The van der Waals surface area contributed by atoms with Crippen molar-refractivity contribution in [2.45, 2.75) is 36.3 Å². The van der Waals surface area contributed by atoms with Crippen molar-refractivity contribution in [2.24, 2.45) is 5.16 Å². The average Bonchev–Trinajstić information content (AvgIpc) is 3.10. The lowest BCUT2D eigenvalue weighted by Crippen LogP contribution is -2.57. The highest BCUT2D eigenvalue weighted by Crippen LogP contribution is 2.32. The van der Waals surface area contributed by atoms with E-state index >= 15 is 0 Å². The van der Waals surface area contributed by atoms with Crippen molar-refractivity contribution in [2.75, 3.05) is 6.61 Å². The lowest BCUT2D eigenvalue weighted by molar-refractivity contribution is -0.265. The number of benzene rings is 1. The lowest BCUT2D eigenvalue weighted by Gasteiger charge is -2.39. The fraction of sp³-hybridized carbons (Fsp3) is 0.438. The Hall–Kier alpha value is -1.91. The second-order valence-electron chi connectivity index (χ2n) is 6.47. The summed E-state index contributed by atoms with van der Waals surface area (Å²) < 4.78 is 40.1. The number of rotatable bonds is 6. The number of hydrogen-bond acceptors (Lipinski definition) is 11. The highest BCUT2D eigenvalue weighted by Gasteiger charge is 2.44. The minimum absolute atomic E-state index is 0.138. The van der Waals surface area contributed by atoms with Gasteiger partial charge in [-0.2, -0.15) is 8.42 Å². The molecule has 166 valence electrons. The first-order valence-electron chi connectivity index (χ1n) is 8.56. The molecular formula is C16H19N2O10S2-. The maximum absolute atomic E-state index is 12.2. The molecule has 6 N–H and O–H groups in total. The summed E-state index contributed by atoms with van der Waals surface area (Å²) in [5.41, 5.74) is -0.322. The summed E-state index contributed by atoms with van der Waals surface area (Å²) in [6.07, 6.45) is -4.70. The molecule has 0 unspecified atom stereocenters. The van der Waals surface area contributed by atoms with Crippen molar-refractivity contribution in [1.29, 1.82) is 0 Å². The highest BCUT2D eigenvalue weighted by molar-refractivity contribution is 8.14. The summed E-state index contributed by atoms with van der Waals surface area (Å²) in [6.45, 7) is -0.655. The first-order valence-corrected chi connectivity index (χ1v) is 10.8. The highest BCUT2D eigenvalue weighted by atomic mass is 32.3. The Labute approximate surface area is 174 Å². The molecule has 12 nitrogen and oxygen atoms in total. The Morgan fingerprint density at radius 2 is 2.00 bits per heavy atom. The van der Waals surface area contributed by atoms with E-state index in [9.17, 15) is 34.0 Å². The van der Waals surface area contributed by atoms with Crippen molar-refractivity contribution in [3.05, 3.63) is 30.0 Å². The molecule has 0 amide bonds. The van der Waals surface area contributed by atoms with Crippen molar-refractivity contribution in [3.63, 3.8) is 0 Å². The van der Waals surface area contributed by atoms with Gasteiger partial charge in [0.15, 0.2) is 0 Å². The Kier molecular flexibility index (Phi) is 6.88. The number of nitrogens with zero attached hydrogens (tertiary/aromatic N) is 1. The normalized spacial score (nSPS) is 28.0. The minimum atomic E-state index is -4.94. The van der Waals surface area contributed by atoms with Crippen LogP contribution in [0.15, 0.2) is 29.6 Å². The van der Waals surface area contributed by atoms with Gasteiger partial charge in [0, 0.05) is 18.1 Å². The fourth-order valence-corrected chi connectivity index (χ4v) is 4.32. The predicted molar refractivity (Wildman–Crippen MR) is 103 cm³/mol. The van der Waals surface area contributed by atoms with E-state index in [-0.39, 0.29) is 17.2 Å². The number of oxime groups is 1. The molecule has 1 aromatic heterocycles. The van der Waals surface area contributed by atoms with Crippen LogP contribution in [0.5, 0.6) is 5.75 Å². The molecule has 1 aliphatic heterocycles. The number of aliphatic hydroxyl groups excluding tert-OH is 4. The third-order valence-corrected chi connectivity index (χ3v) is 5.80. The molecule has 1 aliphatic rings. The Morgan fingerprint density at radius 3 is 2.67 bits per heavy atom. The molecule has 14 heteroatoms. The number of thioether (sulfide) groups is 1. The summed E-state index contributed by atoms with van der Waals surface area (Å²) in [5, 5.41) is 55.0. The second kappa shape index (κ2) is 9.07. The minimum Gasteiger partial charge on any atom is -0.872 e. The summed E-state index contributed by atoms with van der Waals surface area (Å²) in [7, 11) is -4.94. The van der Waals surface area contributed by atoms with Crippen LogP contribution in [-0.2, 0) is 25.8 Å². The van der Waals surface area contributed by atoms with Crippen molar-refractivity contribution < 1.29 is 47.5 Å². The van der Waals surface area contributed by atoms with Gasteiger partial charge >= 0.3 is 10.4 Å². The van der Waals surface area contributed by atoms with Crippen LogP contribution in [0.25, 0.3) is 10.9 Å². The predicted octanol–water partition coefficient (Wildman–Crippen LogP) is -1.55. The molecule has 0 spiro atoms. The first kappa shape index (κ1) is 22.8. The number of aromatic nitrogens is 1. The summed E-state index contributed by atoms with van der Waals surface area (Å²) in [6, 6.07) is 4.57. The van der Waals surface area contributed by atoms with Crippen LogP contribution in [-0.4, -0.2) is 79.9 Å². The zero-order valence-electron chi connectivity index (χ0n) is 15.2. The van der Waals surface area contributed by atoms with Crippen LogP contribution in [0, 0.1) is 0 Å². The molecule has 3 rings (SSSR count). The van der Waals surface area contributed by atoms with Gasteiger partial charge in [-0.05, 0) is 17.0 Å². The number of H-pyrrole nitrogens is 1. The van der Waals surface area contributed by atoms with E-state index in [1.165, 1.54) is 12.3 Å². The number of ether oxygens (including phenoxy) is 1. The van der Waals surface area contributed by atoms with E-state index in [1.54, 1.807) is 12.1 Å². The molecule has 1 saturated heterocycles. The number of aliphatic hydroxyl groups is 4. The van der Waals surface area contributed by atoms with Crippen molar-refractivity contribution >= 4 is 38.1 Å². The van der Waals surface area contributed by atoms with Gasteiger partial charge in [-0.15, -0.1) is 0 Å². The van der Waals surface area contributed by atoms with Crippen LogP contribution >= 0.6 is 11.8 Å². The molecule has 2 aromatic rings. The van der Waals surface area contributed by atoms with Gasteiger partial charge in [-0.1, -0.05) is 34.8 Å². The van der Waals surface area contributed by atoms with E-state index in [0.717, 1.165) is 0 Å². The molecule has 2 heterocycles. The smallest absolute Gasteiger partial charge is 0.466 e. The van der Waals surface area contributed by atoms with Gasteiger partial charge < -0.3 is 35.3 Å². The second-order valence-corrected chi connectivity index (χ2v) is 8.65. The fourth-order valence-electron chi connectivity index (χ4n) is 3.00. The lowest BCUT2D eigenvalue weighted by atomic mass is 10.0. The maximum atomic E-state index is 12.2. The van der Waals surface area contributed by atoms with Crippen molar-refractivity contribution in [1.82, 2.24) is 4.98 Å². The Bertz CT molecular complexity index is 1020. The van der Waals surface area contributed by atoms with Crippen LogP contribution in [0.2, 0.25) is 0 Å². The van der Waals surface area contributed by atoms with Crippen LogP contribution in [0.3, 0.4) is 0 Å². The molecule has 5 atom stereocenters. The Balaban J connectivity index is 1.89. The van der Waals surface area contributed by atoms with E-state index in [2.05, 4.69) is 14.4 Å². The third kappa shape index (κ3) is 5.04. The van der Waals surface area contributed by atoms with Crippen molar-refractivity contribution in [3.8, 4) is 5.75 Å². The molecule has 0 saturated carbocycles. The maximum Gasteiger partial charge on any atom is 0.466 e. The Morgan fingerprint density at radius 1 is 1.27 bits per heavy atom. The van der Waals surface area contributed by atoms with Crippen LogP contribution in [0.4, 0.5) is 0 Å². The van der Waals surface area contributed by atoms with E-state index in [1.807, 2.05) is 0 Å². The summed E-state index contributed by atoms with van der Waals surface area (Å²) in [5.74, 6) is -0.295. The number of fused-ring (bicyclic) bond motifs is 1. The molecule has 0 bridgehead atoms. The topological polar surface area (TPSA) is 205 Å². The monoisotopic (exact) mass is 463 g/mol. The van der Waals surface area contributed by atoms with E-state index in [0.29, 0.717) is 28.2 Å². The van der Waals surface area contributed by atoms with Gasteiger partial charge in [0.25, 0.3) is 0 Å². The van der Waals surface area contributed by atoms with Gasteiger partial charge in [0.2, 0.25) is 0 Å². The molecule has 0 aliphatic carbocycles. The van der Waals surface area contributed by atoms with Crippen LogP contribution < -0.4 is 5.11 Å². The molecule has 1 fully saturated rings. The molecule has 0 radical (unpaired) electrons. The zero-order chi connectivity index (χ0) is 22.1. The number of hydrogen-bond donors (Lipinski definition) is 6. The quantitative estimate of drug-likeness (QED) is 0.125. The number of aromatic amines is 1.